The van der Waals surface area contributed by atoms with E-state index in [1.165, 1.54) is 0 Å². The minimum atomic E-state index is -0.575. The monoisotopic (exact) mass is 353 g/mol. The molecule has 25 heavy (non-hydrogen) atoms. The Kier molecular flexibility index (Phi) is 6.55. The maximum Gasteiger partial charge on any atom is 0.325 e. The molecule has 1 fully saturated rings. The number of aromatic nitrogens is 2. The van der Waals surface area contributed by atoms with E-state index in [0.717, 1.165) is 25.7 Å². The van der Waals surface area contributed by atoms with Gasteiger partial charge in [0.05, 0.1) is 13.0 Å². The Hall–Kier alpha value is -1.93. The topological polar surface area (TPSA) is 115 Å². The van der Waals surface area contributed by atoms with E-state index < -0.39 is 11.2 Å². The predicted octanol–water partition coefficient (Wildman–Crippen LogP) is -0.0582. The van der Waals surface area contributed by atoms with Gasteiger partial charge in [0.15, 0.2) is 0 Å². The summed E-state index contributed by atoms with van der Waals surface area (Å²) in [6, 6.07) is 0. The third kappa shape index (κ3) is 4.79. The highest BCUT2D eigenvalue weighted by Crippen LogP contribution is 2.34. The number of hydrogen-bond acceptors (Lipinski definition) is 5. The molecule has 2 heterocycles. The molecule has 2 rings (SSSR count). The molecule has 0 unspecified atom stereocenters. The highest BCUT2D eigenvalue weighted by atomic mass is 16.5. The summed E-state index contributed by atoms with van der Waals surface area (Å²) >= 11 is 0. The van der Waals surface area contributed by atoms with Gasteiger partial charge in [0.2, 0.25) is 5.91 Å². The lowest BCUT2D eigenvalue weighted by Gasteiger charge is -2.42. The number of amides is 1. The number of H-pyrrole nitrogens is 2. The van der Waals surface area contributed by atoms with E-state index in [1.54, 1.807) is 18.9 Å². The normalized spacial score (nSPS) is 20.7. The van der Waals surface area contributed by atoms with Crippen LogP contribution in [-0.4, -0.2) is 59.3 Å². The number of carbonyl (C=O) groups excluding carboxylic acids is 1. The van der Waals surface area contributed by atoms with Gasteiger partial charge in [0.1, 0.15) is 0 Å². The summed E-state index contributed by atoms with van der Waals surface area (Å²) in [4.78, 5) is 42.2. The zero-order valence-corrected chi connectivity index (χ0v) is 14.9. The first kappa shape index (κ1) is 19.4. The molecule has 0 saturated carbocycles. The summed E-state index contributed by atoms with van der Waals surface area (Å²) in [5.74, 6) is -0.162. The highest BCUT2D eigenvalue weighted by molar-refractivity contribution is 5.79. The van der Waals surface area contributed by atoms with Crippen molar-refractivity contribution in [3.05, 3.63) is 32.1 Å². The van der Waals surface area contributed by atoms with Crippen molar-refractivity contribution in [1.82, 2.24) is 14.9 Å². The lowest BCUT2D eigenvalue weighted by Crippen LogP contribution is -2.48. The largest absolute Gasteiger partial charge is 0.396 e. The first-order chi connectivity index (χ1) is 11.9. The van der Waals surface area contributed by atoms with Crippen LogP contribution in [0, 0.1) is 12.3 Å². The number of methoxy groups -OCH3 is 1. The molecule has 1 aliphatic heterocycles. The van der Waals surface area contributed by atoms with Crippen LogP contribution in [0.3, 0.4) is 0 Å². The summed E-state index contributed by atoms with van der Waals surface area (Å²) in [7, 11) is 1.65. The second kappa shape index (κ2) is 8.44. The Morgan fingerprint density at radius 1 is 1.36 bits per heavy atom. The van der Waals surface area contributed by atoms with Gasteiger partial charge < -0.3 is 19.7 Å². The van der Waals surface area contributed by atoms with E-state index in [2.05, 4.69) is 9.97 Å². The number of rotatable bonds is 7. The number of likely N-dealkylation sites (tertiary alicyclic amines) is 1. The summed E-state index contributed by atoms with van der Waals surface area (Å²) in [6.07, 6.45) is 3.25. The molecule has 1 atom stereocenters. The third-order valence-corrected chi connectivity index (χ3v) is 4.99. The number of nitrogens with one attached hydrogen (secondary N) is 2. The zero-order valence-electron chi connectivity index (χ0n) is 14.9. The molecule has 1 amide bonds. The van der Waals surface area contributed by atoms with Crippen LogP contribution in [0.5, 0.6) is 0 Å². The molecule has 1 aromatic rings. The second-order valence-corrected chi connectivity index (χ2v) is 6.86. The molecule has 8 nitrogen and oxygen atoms in total. The van der Waals surface area contributed by atoms with Gasteiger partial charge in [-0.1, -0.05) is 0 Å². The molecule has 0 aliphatic carbocycles. The summed E-state index contributed by atoms with van der Waals surface area (Å²) in [6.45, 7) is 3.36. The maximum absolute atomic E-state index is 12.7. The molecule has 140 valence electrons. The standard InChI is InChI=1S/C17H27N3O5/c1-12-13(15(23)19-16(24)18-12)9-14(22)20-7-3-5-17(10-20,11-21)6-4-8-25-2/h21H,3-11H2,1-2H3,(H2,18,19,23,24)/t17-/m1/s1. The second-order valence-electron chi connectivity index (χ2n) is 6.86. The number of aryl methyl sites for hydroxylation is 1. The van der Waals surface area contributed by atoms with Crippen LogP contribution in [-0.2, 0) is 16.0 Å². The number of ether oxygens (including phenoxy) is 1. The van der Waals surface area contributed by atoms with Crippen molar-refractivity contribution in [2.24, 2.45) is 5.41 Å². The van der Waals surface area contributed by atoms with E-state index in [4.69, 9.17) is 4.74 Å². The molecule has 0 radical (unpaired) electrons. The summed E-state index contributed by atoms with van der Waals surface area (Å²) < 4.78 is 5.08. The van der Waals surface area contributed by atoms with E-state index in [-0.39, 0.29) is 29.9 Å². The third-order valence-electron chi connectivity index (χ3n) is 4.99. The smallest absolute Gasteiger partial charge is 0.325 e. The molecular weight excluding hydrogens is 326 g/mol. The van der Waals surface area contributed by atoms with Crippen LogP contribution < -0.4 is 11.2 Å². The van der Waals surface area contributed by atoms with Crippen molar-refractivity contribution < 1.29 is 14.6 Å². The quantitative estimate of drug-likeness (QED) is 0.594. The van der Waals surface area contributed by atoms with Crippen molar-refractivity contribution >= 4 is 5.91 Å². The number of piperidine rings is 1. The van der Waals surface area contributed by atoms with Gasteiger partial charge in [-0.25, -0.2) is 4.79 Å². The van der Waals surface area contributed by atoms with Crippen LogP contribution in [0.1, 0.15) is 36.9 Å². The Morgan fingerprint density at radius 2 is 2.12 bits per heavy atom. The molecular formula is C17H27N3O5. The van der Waals surface area contributed by atoms with Crippen molar-refractivity contribution in [2.75, 3.05) is 33.4 Å². The maximum atomic E-state index is 12.7. The van der Waals surface area contributed by atoms with Crippen molar-refractivity contribution in [3.63, 3.8) is 0 Å². The number of aliphatic hydroxyl groups excluding tert-OH is 1. The van der Waals surface area contributed by atoms with Crippen LogP contribution in [0.4, 0.5) is 0 Å². The van der Waals surface area contributed by atoms with Gasteiger partial charge in [-0.2, -0.15) is 0 Å². The van der Waals surface area contributed by atoms with Crippen molar-refractivity contribution in [1.29, 1.82) is 0 Å². The Morgan fingerprint density at radius 3 is 2.76 bits per heavy atom. The van der Waals surface area contributed by atoms with Crippen LogP contribution in [0.25, 0.3) is 0 Å². The number of carbonyl (C=O) groups is 1. The fourth-order valence-electron chi connectivity index (χ4n) is 3.53. The number of aromatic amines is 2. The lowest BCUT2D eigenvalue weighted by molar-refractivity contribution is -0.135. The number of nitrogens with zero attached hydrogens (tertiary/aromatic N) is 1. The van der Waals surface area contributed by atoms with E-state index in [1.807, 2.05) is 0 Å². The number of hydrogen-bond donors (Lipinski definition) is 3. The van der Waals surface area contributed by atoms with Gasteiger partial charge in [-0.05, 0) is 32.6 Å². The Labute approximate surface area is 146 Å². The van der Waals surface area contributed by atoms with Gasteiger partial charge in [-0.15, -0.1) is 0 Å². The lowest BCUT2D eigenvalue weighted by atomic mass is 9.77. The van der Waals surface area contributed by atoms with Gasteiger partial charge in [0.25, 0.3) is 5.56 Å². The summed E-state index contributed by atoms with van der Waals surface area (Å²) in [5.41, 5.74) is -0.718. The van der Waals surface area contributed by atoms with Crippen molar-refractivity contribution in [3.8, 4) is 0 Å². The van der Waals surface area contributed by atoms with Gasteiger partial charge in [0, 0.05) is 43.5 Å². The average Bonchev–Trinajstić information content (AvgIpc) is 2.58. The van der Waals surface area contributed by atoms with Crippen LogP contribution in [0.2, 0.25) is 0 Å². The van der Waals surface area contributed by atoms with Gasteiger partial charge in [-0.3, -0.25) is 14.6 Å². The van der Waals surface area contributed by atoms with Crippen LogP contribution >= 0.6 is 0 Å². The van der Waals surface area contributed by atoms with Crippen LogP contribution in [0.15, 0.2) is 9.59 Å². The fourth-order valence-corrected chi connectivity index (χ4v) is 3.53. The Bertz CT molecular complexity index is 711. The molecule has 0 spiro atoms. The zero-order chi connectivity index (χ0) is 18.4. The minimum absolute atomic E-state index is 0.0265. The Balaban J connectivity index is 2.09. The fraction of sp³-hybridized carbons (Fsp3) is 0.706. The number of aliphatic hydroxyl groups is 1. The first-order valence-electron chi connectivity index (χ1n) is 8.60. The SMILES string of the molecule is COCCC[C@]1(CO)CCCN(C(=O)Cc2c(C)[nH]c(=O)[nH]c2=O)C1. The predicted molar refractivity (Wildman–Crippen MR) is 92.6 cm³/mol. The van der Waals surface area contributed by atoms with E-state index in [9.17, 15) is 19.5 Å². The van der Waals surface area contributed by atoms with Crippen molar-refractivity contribution in [2.45, 2.75) is 39.0 Å². The highest BCUT2D eigenvalue weighted by Gasteiger charge is 2.36. The first-order valence-corrected chi connectivity index (χ1v) is 8.60. The molecule has 0 aromatic carbocycles. The van der Waals surface area contributed by atoms with E-state index >= 15 is 0 Å². The minimum Gasteiger partial charge on any atom is -0.396 e. The molecule has 1 saturated heterocycles. The molecule has 1 aliphatic rings. The molecule has 8 heteroatoms. The summed E-state index contributed by atoms with van der Waals surface area (Å²) in [5, 5.41) is 9.88. The van der Waals surface area contributed by atoms with E-state index in [0.29, 0.717) is 25.4 Å². The average molecular weight is 353 g/mol. The molecule has 3 N–H and O–H groups in total. The molecule has 1 aromatic heterocycles. The van der Waals surface area contributed by atoms with Gasteiger partial charge >= 0.3 is 5.69 Å². The molecule has 0 bridgehead atoms.